The van der Waals surface area contributed by atoms with Gasteiger partial charge in [-0.05, 0) is 13.3 Å². The van der Waals surface area contributed by atoms with Crippen LogP contribution >= 0.6 is 0 Å². The van der Waals surface area contributed by atoms with Crippen molar-refractivity contribution in [3.8, 4) is 0 Å². The summed E-state index contributed by atoms with van der Waals surface area (Å²) in [5.41, 5.74) is 0. The first-order valence-corrected chi connectivity index (χ1v) is 4.55. The van der Waals surface area contributed by atoms with Crippen LogP contribution in [-0.2, 0) is 4.74 Å². The Balaban J connectivity index is 2.85. The molecule has 11 heavy (non-hydrogen) atoms. The lowest BCUT2D eigenvalue weighted by Gasteiger charge is -2.03. The second kappa shape index (κ2) is 7.64. The van der Waals surface area contributed by atoms with Gasteiger partial charge in [-0.1, -0.05) is 39.2 Å². The molecule has 0 saturated carbocycles. The molecule has 0 bridgehead atoms. The van der Waals surface area contributed by atoms with Crippen LogP contribution < -0.4 is 0 Å². The molecule has 0 radical (unpaired) electrons. The Bertz CT molecular complexity index is 97.0. The van der Waals surface area contributed by atoms with Crippen LogP contribution in [0.5, 0.6) is 0 Å². The molecule has 0 atom stereocenters. The smallest absolute Gasteiger partial charge is 0.0876 e. The van der Waals surface area contributed by atoms with Gasteiger partial charge < -0.3 is 4.74 Å². The van der Waals surface area contributed by atoms with Crippen LogP contribution in [0, 0.1) is 0 Å². The summed E-state index contributed by atoms with van der Waals surface area (Å²) in [6, 6.07) is 0. The van der Waals surface area contributed by atoms with Crippen LogP contribution in [0.25, 0.3) is 0 Å². The van der Waals surface area contributed by atoms with Gasteiger partial charge in [0.2, 0.25) is 0 Å². The molecule has 0 aromatic carbocycles. The van der Waals surface area contributed by atoms with Crippen LogP contribution in [0.3, 0.4) is 0 Å². The van der Waals surface area contributed by atoms with Crippen molar-refractivity contribution < 1.29 is 4.74 Å². The topological polar surface area (TPSA) is 9.23 Å². The Morgan fingerprint density at radius 1 is 1.18 bits per heavy atom. The van der Waals surface area contributed by atoms with E-state index in [2.05, 4.69) is 13.5 Å². The average Bonchev–Trinajstić information content (AvgIpc) is 1.96. The highest BCUT2D eigenvalue weighted by molar-refractivity contribution is 4.73. The van der Waals surface area contributed by atoms with Crippen molar-refractivity contribution in [2.24, 2.45) is 0 Å². The second-order valence-corrected chi connectivity index (χ2v) is 2.96. The first kappa shape index (κ1) is 10.5. The first-order chi connectivity index (χ1) is 5.27. The summed E-state index contributed by atoms with van der Waals surface area (Å²) in [6.07, 6.45) is 6.47. The van der Waals surface area contributed by atoms with Gasteiger partial charge in [0.05, 0.1) is 12.4 Å². The van der Waals surface area contributed by atoms with E-state index in [1.54, 1.807) is 0 Å². The third-order valence-corrected chi connectivity index (χ3v) is 1.60. The van der Waals surface area contributed by atoms with Gasteiger partial charge in [-0.25, -0.2) is 0 Å². The molecule has 0 aromatic heterocycles. The van der Waals surface area contributed by atoms with Crippen molar-refractivity contribution in [3.05, 3.63) is 12.3 Å². The Hall–Kier alpha value is -0.460. The van der Waals surface area contributed by atoms with Crippen LogP contribution in [0.4, 0.5) is 0 Å². The van der Waals surface area contributed by atoms with E-state index in [1.165, 1.54) is 32.1 Å². The summed E-state index contributed by atoms with van der Waals surface area (Å²) >= 11 is 0. The molecule has 0 rings (SSSR count). The zero-order chi connectivity index (χ0) is 8.53. The number of ether oxygens (including phenoxy) is 1. The Morgan fingerprint density at radius 2 is 1.82 bits per heavy atom. The van der Waals surface area contributed by atoms with Gasteiger partial charge in [0, 0.05) is 0 Å². The lowest BCUT2D eigenvalue weighted by atomic mass is 10.2. The maximum Gasteiger partial charge on any atom is 0.0876 e. The minimum absolute atomic E-state index is 0.834. The van der Waals surface area contributed by atoms with Gasteiger partial charge in [0.1, 0.15) is 0 Å². The number of unbranched alkanes of at least 4 members (excludes halogenated alkanes) is 4. The molecule has 0 spiro atoms. The van der Waals surface area contributed by atoms with E-state index in [4.69, 9.17) is 4.74 Å². The highest BCUT2D eigenvalue weighted by atomic mass is 16.5. The first-order valence-electron chi connectivity index (χ1n) is 4.55. The molecule has 0 fully saturated rings. The van der Waals surface area contributed by atoms with Crippen LogP contribution in [0.15, 0.2) is 12.3 Å². The summed E-state index contributed by atoms with van der Waals surface area (Å²) in [5, 5.41) is 0. The van der Waals surface area contributed by atoms with Crippen molar-refractivity contribution in [2.75, 3.05) is 6.61 Å². The standard InChI is InChI=1S/C10H20O/c1-4-5-6-7-8-9-11-10(2)3/h2,4-9H2,1,3H3. The molecule has 66 valence electrons. The SMILES string of the molecule is C=C(C)OCCCCCCC. The summed E-state index contributed by atoms with van der Waals surface area (Å²) < 4.78 is 5.23. The monoisotopic (exact) mass is 156 g/mol. The molecular formula is C10H20O. The molecule has 0 aliphatic heterocycles. The predicted octanol–water partition coefficient (Wildman–Crippen LogP) is 3.51. The Kier molecular flexibility index (Phi) is 7.33. The lowest BCUT2D eigenvalue weighted by molar-refractivity contribution is 0.208. The van der Waals surface area contributed by atoms with E-state index in [1.807, 2.05) is 6.92 Å². The van der Waals surface area contributed by atoms with E-state index in [9.17, 15) is 0 Å². The predicted molar refractivity (Wildman–Crippen MR) is 49.5 cm³/mol. The van der Waals surface area contributed by atoms with Crippen molar-refractivity contribution >= 4 is 0 Å². The molecule has 1 heteroatoms. The van der Waals surface area contributed by atoms with Crippen LogP contribution in [0.2, 0.25) is 0 Å². The largest absolute Gasteiger partial charge is 0.499 e. The van der Waals surface area contributed by atoms with E-state index < -0.39 is 0 Å². The fraction of sp³-hybridized carbons (Fsp3) is 0.800. The van der Waals surface area contributed by atoms with Crippen molar-refractivity contribution in [1.29, 1.82) is 0 Å². The molecule has 0 aliphatic rings. The summed E-state index contributed by atoms with van der Waals surface area (Å²) in [6.45, 7) is 8.63. The van der Waals surface area contributed by atoms with E-state index in [0.29, 0.717) is 0 Å². The maximum atomic E-state index is 5.23. The zero-order valence-electron chi connectivity index (χ0n) is 7.86. The zero-order valence-corrected chi connectivity index (χ0v) is 7.86. The van der Waals surface area contributed by atoms with Crippen LogP contribution in [-0.4, -0.2) is 6.61 Å². The maximum absolute atomic E-state index is 5.23. The normalized spacial score (nSPS) is 9.64. The highest BCUT2D eigenvalue weighted by Crippen LogP contribution is 2.03. The molecule has 0 heterocycles. The summed E-state index contributed by atoms with van der Waals surface area (Å²) in [7, 11) is 0. The Morgan fingerprint density at radius 3 is 2.36 bits per heavy atom. The average molecular weight is 156 g/mol. The van der Waals surface area contributed by atoms with E-state index in [-0.39, 0.29) is 0 Å². The van der Waals surface area contributed by atoms with Crippen LogP contribution in [0.1, 0.15) is 46.0 Å². The quantitative estimate of drug-likeness (QED) is 0.405. The van der Waals surface area contributed by atoms with Gasteiger partial charge >= 0.3 is 0 Å². The minimum atomic E-state index is 0.834. The second-order valence-electron chi connectivity index (χ2n) is 2.96. The molecule has 0 N–H and O–H groups in total. The lowest BCUT2D eigenvalue weighted by Crippen LogP contribution is -1.90. The van der Waals surface area contributed by atoms with E-state index in [0.717, 1.165) is 12.4 Å². The highest BCUT2D eigenvalue weighted by Gasteiger charge is 1.89. The third-order valence-electron chi connectivity index (χ3n) is 1.60. The molecule has 1 nitrogen and oxygen atoms in total. The van der Waals surface area contributed by atoms with Crippen molar-refractivity contribution in [1.82, 2.24) is 0 Å². The molecule has 0 unspecified atom stereocenters. The van der Waals surface area contributed by atoms with Gasteiger partial charge in [-0.2, -0.15) is 0 Å². The fourth-order valence-corrected chi connectivity index (χ4v) is 0.952. The molecular weight excluding hydrogens is 136 g/mol. The van der Waals surface area contributed by atoms with Crippen molar-refractivity contribution in [2.45, 2.75) is 46.0 Å². The number of hydrogen-bond acceptors (Lipinski definition) is 1. The Labute approximate surface area is 70.4 Å². The van der Waals surface area contributed by atoms with E-state index >= 15 is 0 Å². The van der Waals surface area contributed by atoms with Gasteiger partial charge in [0.25, 0.3) is 0 Å². The molecule has 0 saturated heterocycles. The van der Waals surface area contributed by atoms with Crippen molar-refractivity contribution in [3.63, 3.8) is 0 Å². The van der Waals surface area contributed by atoms with Gasteiger partial charge in [0.15, 0.2) is 0 Å². The molecule has 0 aromatic rings. The van der Waals surface area contributed by atoms with Gasteiger partial charge in [-0.15, -0.1) is 0 Å². The third kappa shape index (κ3) is 9.54. The number of allylic oxidation sites excluding steroid dienone is 1. The fourth-order valence-electron chi connectivity index (χ4n) is 0.952. The summed E-state index contributed by atoms with van der Waals surface area (Å²) in [4.78, 5) is 0. The van der Waals surface area contributed by atoms with Gasteiger partial charge in [-0.3, -0.25) is 0 Å². The summed E-state index contributed by atoms with van der Waals surface area (Å²) in [5.74, 6) is 0.834. The number of hydrogen-bond donors (Lipinski definition) is 0. The minimum Gasteiger partial charge on any atom is -0.499 e. The number of rotatable bonds is 7. The molecule has 0 amide bonds. The molecule has 0 aliphatic carbocycles.